The second-order valence-electron chi connectivity index (χ2n) is 8.11. The van der Waals surface area contributed by atoms with Crippen molar-refractivity contribution in [3.8, 4) is 11.3 Å². The molecule has 10 heteroatoms. The van der Waals surface area contributed by atoms with Crippen molar-refractivity contribution in [3.63, 3.8) is 0 Å². The quantitative estimate of drug-likeness (QED) is 0.523. The summed E-state index contributed by atoms with van der Waals surface area (Å²) in [6.07, 6.45) is 1.89. The lowest BCUT2D eigenvalue weighted by Crippen LogP contribution is -2.42. The molecule has 0 aliphatic heterocycles. The van der Waals surface area contributed by atoms with Gasteiger partial charge in [-0.05, 0) is 63.2 Å². The van der Waals surface area contributed by atoms with Gasteiger partial charge in [0.2, 0.25) is 5.95 Å². The van der Waals surface area contributed by atoms with E-state index in [1.54, 1.807) is 7.05 Å². The second kappa shape index (κ2) is 8.70. The van der Waals surface area contributed by atoms with Gasteiger partial charge in [0, 0.05) is 30.5 Å². The molecule has 0 bridgehead atoms. The van der Waals surface area contributed by atoms with Gasteiger partial charge in [-0.25, -0.2) is 26.6 Å². The second-order valence-corrected chi connectivity index (χ2v) is 9.93. The first kappa shape index (κ1) is 23.4. The van der Waals surface area contributed by atoms with Crippen LogP contribution in [0.1, 0.15) is 26.3 Å². The van der Waals surface area contributed by atoms with Crippen molar-refractivity contribution in [1.82, 2.24) is 13.9 Å². The Bertz CT molecular complexity index is 1230. The zero-order valence-corrected chi connectivity index (χ0v) is 18.9. The molecular weight excluding hydrogens is 440 g/mol. The summed E-state index contributed by atoms with van der Waals surface area (Å²) in [4.78, 5) is 17.1. The SMILES string of the molecule is CN(C(=O)OCc1cc(-c2cccnc2F)n(S(=O)(=O)c2ccc(F)cc2)c1)C(C)(C)C. The van der Waals surface area contributed by atoms with Crippen LogP contribution in [0.5, 0.6) is 0 Å². The minimum atomic E-state index is -4.20. The Morgan fingerprint density at radius 1 is 1.16 bits per heavy atom. The monoisotopic (exact) mass is 463 g/mol. The number of aromatic nitrogens is 2. The minimum Gasteiger partial charge on any atom is -0.444 e. The molecular formula is C22H23F2N3O4S. The predicted octanol–water partition coefficient (Wildman–Crippen LogP) is 4.43. The Labute approximate surface area is 185 Å². The van der Waals surface area contributed by atoms with Crippen LogP contribution >= 0.6 is 0 Å². The summed E-state index contributed by atoms with van der Waals surface area (Å²) in [7, 11) is -2.62. The smallest absolute Gasteiger partial charge is 0.410 e. The lowest BCUT2D eigenvalue weighted by atomic mass is 10.1. The molecule has 0 fully saturated rings. The van der Waals surface area contributed by atoms with Crippen LogP contribution in [0, 0.1) is 11.8 Å². The van der Waals surface area contributed by atoms with Gasteiger partial charge < -0.3 is 9.64 Å². The van der Waals surface area contributed by atoms with Crippen LogP contribution in [0.3, 0.4) is 0 Å². The first-order valence-corrected chi connectivity index (χ1v) is 11.1. The molecule has 32 heavy (non-hydrogen) atoms. The average molecular weight is 464 g/mol. The van der Waals surface area contributed by atoms with Gasteiger partial charge >= 0.3 is 6.09 Å². The van der Waals surface area contributed by atoms with Gasteiger partial charge in [-0.2, -0.15) is 4.39 Å². The first-order valence-electron chi connectivity index (χ1n) is 9.65. The molecule has 2 heterocycles. The van der Waals surface area contributed by atoms with Gasteiger partial charge in [0.1, 0.15) is 12.4 Å². The highest BCUT2D eigenvalue weighted by molar-refractivity contribution is 7.90. The minimum absolute atomic E-state index is 0.00449. The third-order valence-corrected chi connectivity index (χ3v) is 6.58. The third kappa shape index (κ3) is 4.80. The van der Waals surface area contributed by atoms with Crippen LogP contribution in [0.2, 0.25) is 0 Å². The van der Waals surface area contributed by atoms with Gasteiger partial charge in [0.25, 0.3) is 10.0 Å². The van der Waals surface area contributed by atoms with Crippen LogP contribution in [0.25, 0.3) is 11.3 Å². The van der Waals surface area contributed by atoms with E-state index in [2.05, 4.69) is 4.98 Å². The molecule has 170 valence electrons. The normalized spacial score (nSPS) is 11.9. The van der Waals surface area contributed by atoms with Crippen LogP contribution in [-0.2, 0) is 21.4 Å². The summed E-state index contributed by atoms with van der Waals surface area (Å²) in [5.74, 6) is -1.46. The van der Waals surface area contributed by atoms with Crippen LogP contribution in [0.15, 0.2) is 59.8 Å². The Balaban J connectivity index is 2.03. The van der Waals surface area contributed by atoms with Crippen molar-refractivity contribution in [3.05, 3.63) is 72.2 Å². The molecule has 1 aromatic carbocycles. The summed E-state index contributed by atoms with van der Waals surface area (Å²) in [5, 5.41) is 0. The van der Waals surface area contributed by atoms with Crippen molar-refractivity contribution in [2.45, 2.75) is 37.8 Å². The number of halogens is 2. The summed E-state index contributed by atoms with van der Waals surface area (Å²) < 4.78 is 60.3. The molecule has 0 spiro atoms. The molecule has 0 saturated carbocycles. The highest BCUT2D eigenvalue weighted by Crippen LogP contribution is 2.29. The maximum atomic E-state index is 14.4. The zero-order chi connectivity index (χ0) is 23.7. The number of hydrogen-bond donors (Lipinski definition) is 0. The molecule has 0 unspecified atom stereocenters. The maximum Gasteiger partial charge on any atom is 0.410 e. The van der Waals surface area contributed by atoms with Gasteiger partial charge in [-0.3, -0.25) is 0 Å². The molecule has 7 nitrogen and oxygen atoms in total. The largest absolute Gasteiger partial charge is 0.444 e. The van der Waals surface area contributed by atoms with Gasteiger partial charge in [-0.1, -0.05) is 0 Å². The third-order valence-electron chi connectivity index (χ3n) is 4.89. The Kier molecular flexibility index (Phi) is 6.36. The van der Waals surface area contributed by atoms with Crippen molar-refractivity contribution in [1.29, 1.82) is 0 Å². The van der Waals surface area contributed by atoms with Crippen LogP contribution < -0.4 is 0 Å². The molecule has 3 rings (SSSR count). The predicted molar refractivity (Wildman–Crippen MR) is 114 cm³/mol. The van der Waals surface area contributed by atoms with Gasteiger partial charge in [0.15, 0.2) is 0 Å². The van der Waals surface area contributed by atoms with E-state index in [0.29, 0.717) is 5.56 Å². The molecule has 0 N–H and O–H groups in total. The fourth-order valence-electron chi connectivity index (χ4n) is 2.78. The standard InChI is InChI=1S/C22H23F2N3O4S/c1-22(2,3)26(4)21(28)31-14-15-12-19(18-6-5-11-25-20(18)24)27(13-15)32(29,30)17-9-7-16(23)8-10-17/h5-13H,14H2,1-4H3. The van der Waals surface area contributed by atoms with E-state index < -0.39 is 33.4 Å². The number of amides is 1. The van der Waals surface area contributed by atoms with E-state index in [9.17, 15) is 22.0 Å². The van der Waals surface area contributed by atoms with Crippen molar-refractivity contribution < 1.29 is 26.7 Å². The molecule has 1 amide bonds. The molecule has 0 aliphatic rings. The molecule has 0 aliphatic carbocycles. The maximum absolute atomic E-state index is 14.4. The number of pyridine rings is 1. The van der Waals surface area contributed by atoms with E-state index in [0.717, 1.165) is 28.2 Å². The van der Waals surface area contributed by atoms with Crippen LogP contribution in [0.4, 0.5) is 13.6 Å². The Morgan fingerprint density at radius 2 is 1.81 bits per heavy atom. The molecule has 0 radical (unpaired) electrons. The highest BCUT2D eigenvalue weighted by Gasteiger charge is 2.26. The molecule has 0 atom stereocenters. The lowest BCUT2D eigenvalue weighted by molar-refractivity contribution is 0.0759. The van der Waals surface area contributed by atoms with Gasteiger partial charge in [0.05, 0.1) is 16.2 Å². The number of hydrogen-bond acceptors (Lipinski definition) is 5. The van der Waals surface area contributed by atoms with E-state index in [1.165, 1.54) is 35.5 Å². The number of benzene rings is 1. The summed E-state index contributed by atoms with van der Waals surface area (Å²) >= 11 is 0. The highest BCUT2D eigenvalue weighted by atomic mass is 32.2. The van der Waals surface area contributed by atoms with E-state index in [4.69, 9.17) is 4.74 Å². The summed E-state index contributed by atoms with van der Waals surface area (Å²) in [5.41, 5.74) is -0.207. The number of ether oxygens (including phenoxy) is 1. The topological polar surface area (TPSA) is 81.5 Å². The fraction of sp³-hybridized carbons (Fsp3) is 0.273. The van der Waals surface area contributed by atoms with E-state index >= 15 is 0 Å². The van der Waals surface area contributed by atoms with Gasteiger partial charge in [-0.15, -0.1) is 0 Å². The van der Waals surface area contributed by atoms with Crippen molar-refractivity contribution in [2.75, 3.05) is 7.05 Å². The molecule has 3 aromatic rings. The number of rotatable bonds is 5. The Morgan fingerprint density at radius 3 is 2.41 bits per heavy atom. The summed E-state index contributed by atoms with van der Waals surface area (Å²) in [6, 6.07) is 8.54. The van der Waals surface area contributed by atoms with E-state index in [-0.39, 0.29) is 22.8 Å². The number of carbonyl (C=O) groups is 1. The fourth-order valence-corrected chi connectivity index (χ4v) is 4.18. The zero-order valence-electron chi connectivity index (χ0n) is 18.0. The van der Waals surface area contributed by atoms with E-state index in [1.807, 2.05) is 20.8 Å². The average Bonchev–Trinajstić information content (AvgIpc) is 3.16. The molecule has 0 saturated heterocycles. The Hall–Kier alpha value is -3.27. The number of nitrogens with zero attached hydrogens (tertiary/aromatic N) is 3. The van der Waals surface area contributed by atoms with Crippen molar-refractivity contribution in [2.24, 2.45) is 0 Å². The first-order chi connectivity index (χ1) is 14.9. The summed E-state index contributed by atoms with van der Waals surface area (Å²) in [6.45, 7) is 5.27. The van der Waals surface area contributed by atoms with Crippen molar-refractivity contribution >= 4 is 16.1 Å². The molecule has 2 aromatic heterocycles. The van der Waals surface area contributed by atoms with Crippen LogP contribution in [-0.4, -0.2) is 41.0 Å². The number of carbonyl (C=O) groups excluding carboxylic acids is 1. The lowest BCUT2D eigenvalue weighted by Gasteiger charge is -2.30.